The third-order valence-corrected chi connectivity index (χ3v) is 8.41. The lowest BCUT2D eigenvalue weighted by Gasteiger charge is -2.21. The molecule has 0 fully saturated rings. The molecule has 0 aliphatic rings. The van der Waals surface area contributed by atoms with Gasteiger partial charge in [-0.15, -0.1) is 0 Å². The second-order valence-electron chi connectivity index (χ2n) is 17.8. The molecule has 294 valence electrons. The van der Waals surface area contributed by atoms with E-state index in [2.05, 4.69) is 158 Å². The van der Waals surface area contributed by atoms with Crippen LogP contribution in [0.5, 0.6) is 5.75 Å². The Morgan fingerprint density at radius 1 is 0.593 bits per heavy atom. The van der Waals surface area contributed by atoms with E-state index in [4.69, 9.17) is 9.47 Å². The van der Waals surface area contributed by atoms with Crippen molar-refractivity contribution in [3.63, 3.8) is 0 Å². The molecular weight excluding hydrogens is 667 g/mol. The minimum atomic E-state index is -0.0202. The number of nitrogens with one attached hydrogen (secondary N) is 1. The number of hydrogen-bond donors (Lipinski definition) is 1. The Bertz CT molecular complexity index is 1760. The molecule has 0 radical (unpaired) electrons. The second kappa shape index (κ2) is 20.4. The molecule has 0 aliphatic carbocycles. The van der Waals surface area contributed by atoms with E-state index in [0.717, 1.165) is 40.8 Å². The average molecular weight is 736 g/mol. The van der Waals surface area contributed by atoms with Crippen LogP contribution in [-0.4, -0.2) is 45.2 Å². The standard InChI is InChI=1S/C17H25N3O2.C11H16.C10H15N.C9H13N/c1-12-19-15(16(20-12)17(2,3)4)14-11-13(7-8-18-14)22-10-6-9-21-5;1-9-7-5-6-8-10(9)11(2,3)4;1-8-6-5-7-11-9(8)10(2,3)4;1-9(2,3)8-6-4-5-7-10-8/h7-8,11H,6,9-10H2,1-5H3,(H,19,20);5-8H,1-4H3;5-7H,1-4H3;4-7H,1-3H3. The average Bonchev–Trinajstić information content (AvgIpc) is 3.50. The molecular formula is C47H69N5O2. The molecule has 0 saturated carbocycles. The third kappa shape index (κ3) is 15.5. The van der Waals surface area contributed by atoms with E-state index < -0.39 is 0 Å². The highest BCUT2D eigenvalue weighted by Crippen LogP contribution is 2.31. The Morgan fingerprint density at radius 2 is 1.22 bits per heavy atom. The molecule has 7 heteroatoms. The van der Waals surface area contributed by atoms with Crippen molar-refractivity contribution in [1.82, 2.24) is 24.9 Å². The van der Waals surface area contributed by atoms with Gasteiger partial charge in [0, 0.05) is 78.1 Å². The number of ether oxygens (including phenoxy) is 2. The number of aromatic amines is 1. The highest BCUT2D eigenvalue weighted by atomic mass is 16.5. The number of rotatable bonds is 6. The molecule has 0 atom stereocenters. The Hall–Kier alpha value is -4.36. The molecule has 0 aliphatic heterocycles. The Labute approximate surface area is 327 Å². The zero-order valence-electron chi connectivity index (χ0n) is 36.3. The van der Waals surface area contributed by atoms with Crippen LogP contribution in [0.4, 0.5) is 0 Å². The number of methoxy groups -OCH3 is 1. The Balaban J connectivity index is 0.000000267. The lowest BCUT2D eigenvalue weighted by molar-refractivity contribution is 0.172. The first-order valence-electron chi connectivity index (χ1n) is 19.1. The first kappa shape index (κ1) is 45.8. The van der Waals surface area contributed by atoms with Crippen LogP contribution in [0.3, 0.4) is 0 Å². The van der Waals surface area contributed by atoms with Gasteiger partial charge >= 0.3 is 0 Å². The molecule has 0 bridgehead atoms. The molecule has 5 rings (SSSR count). The highest BCUT2D eigenvalue weighted by Gasteiger charge is 2.23. The van der Waals surface area contributed by atoms with Crippen molar-refractivity contribution >= 4 is 0 Å². The van der Waals surface area contributed by atoms with Gasteiger partial charge in [-0.1, -0.05) is 119 Å². The predicted octanol–water partition coefficient (Wildman–Crippen LogP) is 11.9. The van der Waals surface area contributed by atoms with E-state index in [0.29, 0.717) is 13.2 Å². The summed E-state index contributed by atoms with van der Waals surface area (Å²) >= 11 is 0. The van der Waals surface area contributed by atoms with Crippen molar-refractivity contribution in [2.75, 3.05) is 20.3 Å². The van der Waals surface area contributed by atoms with Crippen molar-refractivity contribution in [1.29, 1.82) is 0 Å². The number of pyridine rings is 3. The summed E-state index contributed by atoms with van der Waals surface area (Å²) in [6.45, 7) is 33.8. The molecule has 5 aromatic rings. The van der Waals surface area contributed by atoms with Gasteiger partial charge < -0.3 is 14.5 Å². The van der Waals surface area contributed by atoms with Gasteiger partial charge in [-0.2, -0.15) is 0 Å². The fraction of sp³-hybridized carbons (Fsp3) is 0.489. The quantitative estimate of drug-likeness (QED) is 0.175. The van der Waals surface area contributed by atoms with Crippen molar-refractivity contribution in [2.45, 2.75) is 132 Å². The molecule has 0 spiro atoms. The van der Waals surface area contributed by atoms with Gasteiger partial charge in [0.2, 0.25) is 0 Å². The van der Waals surface area contributed by atoms with E-state index in [1.54, 1.807) is 13.3 Å². The number of nitrogens with zero attached hydrogens (tertiary/aromatic N) is 4. The third-order valence-electron chi connectivity index (χ3n) is 8.41. The summed E-state index contributed by atoms with van der Waals surface area (Å²) in [6, 6.07) is 22.5. The molecule has 0 saturated heterocycles. The molecule has 4 heterocycles. The summed E-state index contributed by atoms with van der Waals surface area (Å²) in [5, 5.41) is 0. The molecule has 1 aromatic carbocycles. The first-order chi connectivity index (χ1) is 25.1. The number of benzene rings is 1. The van der Waals surface area contributed by atoms with Crippen molar-refractivity contribution in [3.8, 4) is 17.1 Å². The number of aromatic nitrogens is 5. The second-order valence-corrected chi connectivity index (χ2v) is 17.8. The number of imidazole rings is 1. The van der Waals surface area contributed by atoms with Crippen molar-refractivity contribution in [3.05, 3.63) is 125 Å². The van der Waals surface area contributed by atoms with E-state index >= 15 is 0 Å². The van der Waals surface area contributed by atoms with E-state index in [1.807, 2.05) is 49.6 Å². The minimum Gasteiger partial charge on any atom is -0.493 e. The summed E-state index contributed by atoms with van der Waals surface area (Å²) in [4.78, 5) is 21.0. The maximum atomic E-state index is 5.74. The van der Waals surface area contributed by atoms with Gasteiger partial charge in [-0.25, -0.2) is 4.98 Å². The van der Waals surface area contributed by atoms with Crippen molar-refractivity contribution in [2.24, 2.45) is 0 Å². The summed E-state index contributed by atoms with van der Waals surface area (Å²) < 4.78 is 10.8. The fourth-order valence-corrected chi connectivity index (χ4v) is 5.74. The Morgan fingerprint density at radius 3 is 1.70 bits per heavy atom. The van der Waals surface area contributed by atoms with Crippen LogP contribution in [0.25, 0.3) is 11.4 Å². The minimum absolute atomic E-state index is 0.0202. The van der Waals surface area contributed by atoms with Crippen LogP contribution in [0.2, 0.25) is 0 Å². The smallest absolute Gasteiger partial charge is 0.123 e. The normalized spacial score (nSPS) is 11.6. The van der Waals surface area contributed by atoms with E-state index in [9.17, 15) is 0 Å². The zero-order chi connectivity index (χ0) is 40.7. The lowest BCUT2D eigenvalue weighted by atomic mass is 9.84. The first-order valence-corrected chi connectivity index (χ1v) is 19.1. The zero-order valence-corrected chi connectivity index (χ0v) is 36.3. The number of hydrogen-bond acceptors (Lipinski definition) is 6. The molecule has 0 amide bonds. The van der Waals surface area contributed by atoms with Gasteiger partial charge in [0.15, 0.2) is 0 Å². The lowest BCUT2D eigenvalue weighted by Crippen LogP contribution is -2.14. The summed E-state index contributed by atoms with van der Waals surface area (Å²) in [5.74, 6) is 1.70. The highest BCUT2D eigenvalue weighted by molar-refractivity contribution is 5.61. The maximum absolute atomic E-state index is 5.74. The van der Waals surface area contributed by atoms with E-state index in [-0.39, 0.29) is 21.7 Å². The molecule has 7 nitrogen and oxygen atoms in total. The predicted molar refractivity (Wildman–Crippen MR) is 228 cm³/mol. The van der Waals surface area contributed by atoms with Crippen LogP contribution < -0.4 is 4.74 Å². The van der Waals surface area contributed by atoms with Crippen LogP contribution in [-0.2, 0) is 26.4 Å². The van der Waals surface area contributed by atoms with Gasteiger partial charge in [0.1, 0.15) is 17.3 Å². The molecule has 54 heavy (non-hydrogen) atoms. The van der Waals surface area contributed by atoms with Crippen LogP contribution in [0.1, 0.15) is 129 Å². The van der Waals surface area contributed by atoms with Crippen LogP contribution in [0.15, 0.2) is 85.3 Å². The maximum Gasteiger partial charge on any atom is 0.123 e. The molecule has 0 unspecified atom stereocenters. The van der Waals surface area contributed by atoms with E-state index in [1.165, 1.54) is 22.4 Å². The monoisotopic (exact) mass is 736 g/mol. The SMILES string of the molecule is CC(C)(C)c1ccccn1.COCCCOc1ccnc(-c2nc(C)[nH]c2C(C)(C)C)c1.Cc1ccccc1C(C)(C)C.Cc1cccnc1C(C)(C)C. The van der Waals surface area contributed by atoms with Gasteiger partial charge in [0.25, 0.3) is 0 Å². The number of aryl methyl sites for hydroxylation is 3. The van der Waals surface area contributed by atoms with Gasteiger partial charge in [-0.3, -0.25) is 15.0 Å². The van der Waals surface area contributed by atoms with Crippen LogP contribution in [0, 0.1) is 20.8 Å². The van der Waals surface area contributed by atoms with Crippen LogP contribution >= 0.6 is 0 Å². The summed E-state index contributed by atoms with van der Waals surface area (Å²) in [5.41, 5.74) is 9.89. The Kier molecular flexibility index (Phi) is 17.3. The van der Waals surface area contributed by atoms with Crippen molar-refractivity contribution < 1.29 is 9.47 Å². The molecule has 4 aromatic heterocycles. The largest absolute Gasteiger partial charge is 0.493 e. The topological polar surface area (TPSA) is 85.8 Å². The fourth-order valence-electron chi connectivity index (χ4n) is 5.74. The summed E-state index contributed by atoms with van der Waals surface area (Å²) in [7, 11) is 1.69. The molecule has 1 N–H and O–H groups in total. The van der Waals surface area contributed by atoms with Gasteiger partial charge in [0.05, 0.1) is 12.3 Å². The number of H-pyrrole nitrogens is 1. The summed E-state index contributed by atoms with van der Waals surface area (Å²) in [6.07, 6.45) is 6.31. The van der Waals surface area contributed by atoms with Gasteiger partial charge in [-0.05, 0) is 67.1 Å².